The van der Waals surface area contributed by atoms with Gasteiger partial charge in [0.1, 0.15) is 22.8 Å². The van der Waals surface area contributed by atoms with E-state index in [9.17, 15) is 4.79 Å². The third-order valence-electron chi connectivity index (χ3n) is 7.79. The molecule has 0 bridgehead atoms. The highest BCUT2D eigenvalue weighted by molar-refractivity contribution is 6.35. The number of carbonyl (C=O) groups excluding carboxylic acids is 1. The van der Waals surface area contributed by atoms with E-state index in [0.29, 0.717) is 27.9 Å². The molecule has 0 unspecified atom stereocenters. The number of likely N-dealkylation sites (N-methyl/N-ethyl adjacent to an activating group) is 1. The highest BCUT2D eigenvalue weighted by Crippen LogP contribution is 2.35. The molecule has 1 spiro atoms. The number of amides is 1. The Bertz CT molecular complexity index is 1500. The Labute approximate surface area is 235 Å². The van der Waals surface area contributed by atoms with Crippen LogP contribution in [-0.2, 0) is 4.79 Å². The van der Waals surface area contributed by atoms with Gasteiger partial charge in [-0.15, -0.1) is 0 Å². The number of fused-ring (bicyclic) bond motifs is 1. The molecule has 2 fully saturated rings. The van der Waals surface area contributed by atoms with Gasteiger partial charge in [0.2, 0.25) is 5.91 Å². The van der Waals surface area contributed by atoms with E-state index in [2.05, 4.69) is 30.3 Å². The van der Waals surface area contributed by atoms with E-state index in [1.54, 1.807) is 0 Å². The van der Waals surface area contributed by atoms with Gasteiger partial charge in [-0.25, -0.2) is 4.98 Å². The monoisotopic (exact) mass is 566 g/mol. The summed E-state index contributed by atoms with van der Waals surface area (Å²) in [6.45, 7) is 3.11. The van der Waals surface area contributed by atoms with E-state index in [1.165, 1.54) is 12.4 Å². The first-order valence-corrected chi connectivity index (χ1v) is 13.5. The number of pyridine rings is 2. The predicted molar refractivity (Wildman–Crippen MR) is 151 cm³/mol. The van der Waals surface area contributed by atoms with Crippen molar-refractivity contribution in [3.05, 3.63) is 64.5 Å². The second kappa shape index (κ2) is 10.3. The van der Waals surface area contributed by atoms with Crippen LogP contribution in [0.3, 0.4) is 0 Å². The summed E-state index contributed by atoms with van der Waals surface area (Å²) in [7, 11) is 2.04. The first kappa shape index (κ1) is 25.8. The minimum absolute atomic E-state index is 0.140. The van der Waals surface area contributed by atoms with Gasteiger partial charge >= 0.3 is 0 Å². The highest BCUT2D eigenvalue weighted by atomic mass is 35.5. The zero-order chi connectivity index (χ0) is 27.1. The molecule has 0 aliphatic carbocycles. The molecule has 2 saturated heterocycles. The predicted octanol–water partition coefficient (Wildman–Crippen LogP) is 3.76. The fourth-order valence-electron chi connectivity index (χ4n) is 5.50. The Hall–Kier alpha value is -3.44. The second-order valence-corrected chi connectivity index (χ2v) is 10.8. The minimum Gasteiger partial charge on any atom is -0.471 e. The lowest BCUT2D eigenvalue weighted by Gasteiger charge is -2.48. The van der Waals surface area contributed by atoms with Crippen LogP contribution < -0.4 is 20.7 Å². The number of aromatic nitrogens is 4. The third-order valence-corrected chi connectivity index (χ3v) is 8.40. The molecule has 1 aromatic carbocycles. The van der Waals surface area contributed by atoms with Crippen molar-refractivity contribution in [1.82, 2.24) is 30.4 Å². The molecular formula is C27H28Cl2N8O2. The van der Waals surface area contributed by atoms with Crippen LogP contribution >= 0.6 is 23.2 Å². The summed E-state index contributed by atoms with van der Waals surface area (Å²) in [6.07, 6.45) is 5.45. The van der Waals surface area contributed by atoms with Gasteiger partial charge in [0.05, 0.1) is 15.6 Å². The van der Waals surface area contributed by atoms with E-state index in [0.717, 1.165) is 60.5 Å². The summed E-state index contributed by atoms with van der Waals surface area (Å²) in [4.78, 5) is 25.8. The maximum absolute atomic E-state index is 12.7. The Kier molecular flexibility index (Phi) is 6.80. The van der Waals surface area contributed by atoms with E-state index >= 15 is 0 Å². The average Bonchev–Trinajstić information content (AvgIpc) is 3.35. The number of nitrogens with two attached hydrogens (primary N) is 1. The van der Waals surface area contributed by atoms with E-state index < -0.39 is 11.8 Å². The summed E-state index contributed by atoms with van der Waals surface area (Å²) >= 11 is 12.5. The van der Waals surface area contributed by atoms with Gasteiger partial charge in [0.25, 0.3) is 0 Å². The van der Waals surface area contributed by atoms with Crippen LogP contribution in [0.1, 0.15) is 24.6 Å². The van der Waals surface area contributed by atoms with Crippen LogP contribution in [0.5, 0.6) is 5.75 Å². The lowest BCUT2D eigenvalue weighted by molar-refractivity contribution is -0.137. The Morgan fingerprint density at radius 2 is 1.85 bits per heavy atom. The van der Waals surface area contributed by atoms with E-state index in [4.69, 9.17) is 38.7 Å². The van der Waals surface area contributed by atoms with Crippen molar-refractivity contribution in [1.29, 1.82) is 0 Å². The number of anilines is 1. The quantitative estimate of drug-likeness (QED) is 0.312. The SMILES string of the molecule is CN1CCNC(=O)C12CCN(c1ccc(-c3n[nH]c4ccc(O[C@H](N)c5c(Cl)cncc5Cl)cc34)cn1)CC2. The van der Waals surface area contributed by atoms with Crippen molar-refractivity contribution in [2.24, 2.45) is 5.73 Å². The van der Waals surface area contributed by atoms with Crippen molar-refractivity contribution in [3.8, 4) is 17.0 Å². The van der Waals surface area contributed by atoms with Crippen LogP contribution in [0.15, 0.2) is 48.9 Å². The molecule has 10 nitrogen and oxygen atoms in total. The molecule has 2 aliphatic rings. The van der Waals surface area contributed by atoms with Gasteiger partial charge in [0, 0.05) is 61.3 Å². The maximum Gasteiger partial charge on any atom is 0.240 e. The van der Waals surface area contributed by atoms with E-state index in [-0.39, 0.29) is 5.91 Å². The molecule has 0 saturated carbocycles. The number of hydrogen-bond donors (Lipinski definition) is 3. The molecular weight excluding hydrogens is 539 g/mol. The third kappa shape index (κ3) is 4.67. The molecule has 12 heteroatoms. The lowest BCUT2D eigenvalue weighted by atomic mass is 9.83. The van der Waals surface area contributed by atoms with Gasteiger partial charge in [-0.3, -0.25) is 25.5 Å². The standard InChI is InChI=1S/C27H28Cl2N8O2/c1-36-11-8-32-26(38)27(36)6-9-37(10-7-27)22-5-2-16(13-33-22)24-18-12-17(3-4-21(18)34-35-24)39-25(30)23-19(28)14-31-15-20(23)29/h2-5,12-15,25H,6-11,30H2,1H3,(H,32,38)(H,34,35)/t25-/m0/s1. The van der Waals surface area contributed by atoms with Crippen molar-refractivity contribution < 1.29 is 9.53 Å². The highest BCUT2D eigenvalue weighted by Gasteiger charge is 2.46. The number of rotatable bonds is 5. The number of nitrogens with one attached hydrogen (secondary N) is 2. The number of H-pyrrole nitrogens is 1. The molecule has 4 aromatic rings. The number of halogens is 2. The van der Waals surface area contributed by atoms with Crippen LogP contribution in [-0.4, -0.2) is 69.7 Å². The molecule has 2 aliphatic heterocycles. The first-order valence-electron chi connectivity index (χ1n) is 12.8. The molecule has 1 atom stereocenters. The van der Waals surface area contributed by atoms with Crippen LogP contribution in [0.4, 0.5) is 5.82 Å². The number of aromatic amines is 1. The number of carbonyl (C=O) groups is 1. The van der Waals surface area contributed by atoms with Gasteiger partial charge in [-0.1, -0.05) is 23.2 Å². The summed E-state index contributed by atoms with van der Waals surface area (Å²) in [5.41, 5.74) is 8.79. The number of nitrogens with zero attached hydrogens (tertiary/aromatic N) is 5. The zero-order valence-corrected chi connectivity index (χ0v) is 22.8. The smallest absolute Gasteiger partial charge is 0.240 e. The van der Waals surface area contributed by atoms with Gasteiger partial charge in [0.15, 0.2) is 6.23 Å². The zero-order valence-electron chi connectivity index (χ0n) is 21.3. The average molecular weight is 567 g/mol. The lowest BCUT2D eigenvalue weighted by Crippen LogP contribution is -2.66. The van der Waals surface area contributed by atoms with E-state index in [1.807, 2.05) is 43.6 Å². The maximum atomic E-state index is 12.7. The van der Waals surface area contributed by atoms with Crippen molar-refractivity contribution in [3.63, 3.8) is 0 Å². The van der Waals surface area contributed by atoms with Crippen molar-refractivity contribution in [2.45, 2.75) is 24.6 Å². The summed E-state index contributed by atoms with van der Waals surface area (Å²) in [5, 5.41) is 12.2. The summed E-state index contributed by atoms with van der Waals surface area (Å²) < 4.78 is 5.98. The number of piperazine rings is 1. The van der Waals surface area contributed by atoms with Crippen LogP contribution in [0.25, 0.3) is 22.2 Å². The molecule has 39 heavy (non-hydrogen) atoms. The second-order valence-electron chi connectivity index (χ2n) is 9.94. The Morgan fingerprint density at radius 3 is 2.54 bits per heavy atom. The molecule has 6 rings (SSSR count). The molecule has 0 radical (unpaired) electrons. The van der Waals surface area contributed by atoms with Gasteiger partial charge in [-0.05, 0) is 50.2 Å². The van der Waals surface area contributed by atoms with Gasteiger partial charge < -0.3 is 15.0 Å². The summed E-state index contributed by atoms with van der Waals surface area (Å²) in [6, 6.07) is 9.58. The first-order chi connectivity index (χ1) is 18.9. The number of benzene rings is 1. The fraction of sp³-hybridized carbons (Fsp3) is 0.333. The number of hydrogen-bond acceptors (Lipinski definition) is 8. The number of ether oxygens (including phenoxy) is 1. The van der Waals surface area contributed by atoms with Crippen molar-refractivity contribution in [2.75, 3.05) is 38.1 Å². The normalized spacial score (nSPS) is 18.4. The molecule has 1 amide bonds. The molecule has 202 valence electrons. The Balaban J connectivity index is 1.19. The van der Waals surface area contributed by atoms with Crippen LogP contribution in [0.2, 0.25) is 10.0 Å². The molecule has 3 aromatic heterocycles. The summed E-state index contributed by atoms with van der Waals surface area (Å²) in [5.74, 6) is 1.57. The molecule has 4 N–H and O–H groups in total. The van der Waals surface area contributed by atoms with Crippen LogP contribution in [0, 0.1) is 0 Å². The molecule has 5 heterocycles. The van der Waals surface area contributed by atoms with Gasteiger partial charge in [-0.2, -0.15) is 5.10 Å². The largest absolute Gasteiger partial charge is 0.471 e. The van der Waals surface area contributed by atoms with Crippen molar-refractivity contribution >= 4 is 45.8 Å². The Morgan fingerprint density at radius 1 is 1.08 bits per heavy atom. The minimum atomic E-state index is -0.870. The topological polar surface area (TPSA) is 125 Å². The number of piperidine rings is 1. The fourth-order valence-corrected chi connectivity index (χ4v) is 6.08.